The maximum absolute atomic E-state index is 13.1. The van der Waals surface area contributed by atoms with Gasteiger partial charge in [-0.3, -0.25) is 9.69 Å². The van der Waals surface area contributed by atoms with Crippen LogP contribution in [0.25, 0.3) is 0 Å². The number of piperazine rings is 1. The van der Waals surface area contributed by atoms with Gasteiger partial charge in [-0.1, -0.05) is 0 Å². The number of halogens is 1. The number of nitrogens with zero attached hydrogens (tertiary/aromatic N) is 3. The lowest BCUT2D eigenvalue weighted by Crippen LogP contribution is -2.54. The highest BCUT2D eigenvalue weighted by Gasteiger charge is 2.40. The Kier molecular flexibility index (Phi) is 4.65. The van der Waals surface area contributed by atoms with Gasteiger partial charge < -0.3 is 15.1 Å². The Morgan fingerprint density at radius 2 is 1.68 bits per heavy atom. The van der Waals surface area contributed by atoms with Crippen LogP contribution in [0, 0.1) is 17.7 Å². The molecule has 0 bridgehead atoms. The number of hydrogen-bond donors (Lipinski definition) is 1. The minimum absolute atomic E-state index is 0.0536. The largest absolute Gasteiger partial charge is 0.369 e. The molecule has 0 aromatic heterocycles. The molecule has 3 fully saturated rings. The maximum atomic E-state index is 13.1. The van der Waals surface area contributed by atoms with Crippen LogP contribution >= 0.6 is 0 Å². The van der Waals surface area contributed by atoms with Crippen LogP contribution in [0.2, 0.25) is 0 Å². The van der Waals surface area contributed by atoms with E-state index in [4.69, 9.17) is 0 Å². The number of likely N-dealkylation sites (tertiary alicyclic amines) is 1. The van der Waals surface area contributed by atoms with Crippen LogP contribution in [0.15, 0.2) is 24.3 Å². The van der Waals surface area contributed by atoms with E-state index in [1.807, 2.05) is 19.1 Å². The van der Waals surface area contributed by atoms with E-state index < -0.39 is 0 Å². The van der Waals surface area contributed by atoms with Crippen molar-refractivity contribution in [3.8, 4) is 0 Å². The lowest BCUT2D eigenvalue weighted by molar-refractivity contribution is -0.135. The van der Waals surface area contributed by atoms with Crippen molar-refractivity contribution < 1.29 is 9.18 Å². The number of fused-ring (bicyclic) bond motifs is 1. The third kappa shape index (κ3) is 3.37. The second-order valence-electron chi connectivity index (χ2n) is 7.60. The number of nitrogens with one attached hydrogen (secondary N) is 1. The van der Waals surface area contributed by atoms with Gasteiger partial charge in [0, 0.05) is 58.0 Å². The standard InChI is InChI=1S/C19H27FN4O/c1-14(19(25)24-12-15-10-21-11-16(15)13-24)22-6-8-23(9-7-22)18-4-2-17(20)3-5-18/h2-5,14-16,21H,6-13H2,1H3/t14?,15-,16+. The minimum Gasteiger partial charge on any atom is -0.369 e. The fraction of sp³-hybridized carbons (Fsp3) is 0.632. The predicted octanol–water partition coefficient (Wildman–Crippen LogP) is 1.01. The molecular weight excluding hydrogens is 319 g/mol. The zero-order valence-electron chi connectivity index (χ0n) is 14.8. The van der Waals surface area contributed by atoms with Crippen molar-refractivity contribution in [2.24, 2.45) is 11.8 Å². The molecule has 0 radical (unpaired) electrons. The van der Waals surface area contributed by atoms with Crippen LogP contribution < -0.4 is 10.2 Å². The average Bonchev–Trinajstić information content (AvgIpc) is 3.23. The lowest BCUT2D eigenvalue weighted by atomic mass is 10.0. The van der Waals surface area contributed by atoms with E-state index in [1.165, 1.54) is 12.1 Å². The molecule has 3 aliphatic rings. The normalized spacial score (nSPS) is 28.2. The highest BCUT2D eigenvalue weighted by molar-refractivity contribution is 5.82. The van der Waals surface area contributed by atoms with Gasteiger partial charge in [-0.05, 0) is 43.0 Å². The summed E-state index contributed by atoms with van der Waals surface area (Å²) in [6.07, 6.45) is 0. The molecule has 136 valence electrons. The highest BCUT2D eigenvalue weighted by Crippen LogP contribution is 2.27. The van der Waals surface area contributed by atoms with Gasteiger partial charge in [0.1, 0.15) is 5.82 Å². The number of carbonyl (C=O) groups excluding carboxylic acids is 1. The van der Waals surface area contributed by atoms with Gasteiger partial charge in [0.25, 0.3) is 0 Å². The Labute approximate surface area is 148 Å². The van der Waals surface area contributed by atoms with Crippen LogP contribution in [0.5, 0.6) is 0 Å². The summed E-state index contributed by atoms with van der Waals surface area (Å²) in [5, 5.41) is 3.42. The molecule has 4 rings (SSSR count). The topological polar surface area (TPSA) is 38.8 Å². The molecule has 1 aromatic carbocycles. The zero-order chi connectivity index (χ0) is 17.4. The van der Waals surface area contributed by atoms with E-state index in [1.54, 1.807) is 0 Å². The van der Waals surface area contributed by atoms with Gasteiger partial charge >= 0.3 is 0 Å². The van der Waals surface area contributed by atoms with Crippen molar-refractivity contribution in [2.45, 2.75) is 13.0 Å². The first-order valence-electron chi connectivity index (χ1n) is 9.36. The van der Waals surface area contributed by atoms with Crippen molar-refractivity contribution in [1.29, 1.82) is 0 Å². The number of hydrogen-bond acceptors (Lipinski definition) is 4. The number of carbonyl (C=O) groups is 1. The van der Waals surface area contributed by atoms with Crippen molar-refractivity contribution >= 4 is 11.6 Å². The van der Waals surface area contributed by atoms with Crippen molar-refractivity contribution in [1.82, 2.24) is 15.1 Å². The summed E-state index contributed by atoms with van der Waals surface area (Å²) in [5.41, 5.74) is 1.06. The second kappa shape index (κ2) is 6.92. The number of rotatable bonds is 3. The Morgan fingerprint density at radius 1 is 1.08 bits per heavy atom. The number of benzene rings is 1. The zero-order valence-corrected chi connectivity index (χ0v) is 14.8. The second-order valence-corrected chi connectivity index (χ2v) is 7.60. The molecule has 3 saturated heterocycles. The molecule has 1 N–H and O–H groups in total. The molecule has 1 aromatic rings. The quantitative estimate of drug-likeness (QED) is 0.887. The lowest BCUT2D eigenvalue weighted by Gasteiger charge is -2.39. The van der Waals surface area contributed by atoms with Crippen LogP contribution in [0.4, 0.5) is 10.1 Å². The molecule has 3 heterocycles. The van der Waals surface area contributed by atoms with Crippen LogP contribution in [0.3, 0.4) is 0 Å². The fourth-order valence-corrected chi connectivity index (χ4v) is 4.48. The van der Waals surface area contributed by atoms with Gasteiger partial charge in [0.05, 0.1) is 6.04 Å². The molecule has 0 aliphatic carbocycles. The Morgan fingerprint density at radius 3 is 2.28 bits per heavy atom. The molecule has 25 heavy (non-hydrogen) atoms. The van der Waals surface area contributed by atoms with E-state index in [2.05, 4.69) is 20.0 Å². The Balaban J connectivity index is 1.31. The molecule has 1 amide bonds. The van der Waals surface area contributed by atoms with E-state index in [0.717, 1.165) is 58.0 Å². The monoisotopic (exact) mass is 346 g/mol. The highest BCUT2D eigenvalue weighted by atomic mass is 19.1. The number of anilines is 1. The molecule has 0 saturated carbocycles. The Hall–Kier alpha value is -1.66. The fourth-order valence-electron chi connectivity index (χ4n) is 4.48. The van der Waals surface area contributed by atoms with E-state index in [9.17, 15) is 9.18 Å². The third-order valence-electron chi connectivity index (χ3n) is 6.11. The molecule has 3 aliphatic heterocycles. The van der Waals surface area contributed by atoms with Crippen LogP contribution in [-0.4, -0.2) is 74.1 Å². The molecular formula is C19H27FN4O. The summed E-state index contributed by atoms with van der Waals surface area (Å²) in [6, 6.07) is 6.62. The first kappa shape index (κ1) is 16.8. The average molecular weight is 346 g/mol. The van der Waals surface area contributed by atoms with E-state index >= 15 is 0 Å². The van der Waals surface area contributed by atoms with Gasteiger partial charge in [0.15, 0.2) is 0 Å². The van der Waals surface area contributed by atoms with Crippen molar-refractivity contribution in [3.05, 3.63) is 30.1 Å². The molecule has 1 unspecified atom stereocenters. The van der Waals surface area contributed by atoms with Gasteiger partial charge in [-0.2, -0.15) is 0 Å². The Bertz CT molecular complexity index is 602. The van der Waals surface area contributed by atoms with Gasteiger partial charge in [-0.15, -0.1) is 0 Å². The summed E-state index contributed by atoms with van der Waals surface area (Å²) in [5.74, 6) is 1.37. The number of amides is 1. The van der Waals surface area contributed by atoms with Crippen molar-refractivity contribution in [2.75, 3.05) is 57.3 Å². The smallest absolute Gasteiger partial charge is 0.239 e. The summed E-state index contributed by atoms with van der Waals surface area (Å²) >= 11 is 0. The first-order valence-corrected chi connectivity index (χ1v) is 9.36. The summed E-state index contributed by atoms with van der Waals surface area (Å²) in [7, 11) is 0. The summed E-state index contributed by atoms with van der Waals surface area (Å²) in [6.45, 7) is 9.46. The van der Waals surface area contributed by atoms with Crippen molar-refractivity contribution in [3.63, 3.8) is 0 Å². The molecule has 5 nitrogen and oxygen atoms in total. The molecule has 3 atom stereocenters. The summed E-state index contributed by atoms with van der Waals surface area (Å²) < 4.78 is 13.1. The van der Waals surface area contributed by atoms with Gasteiger partial charge in [0.2, 0.25) is 5.91 Å². The minimum atomic E-state index is -0.202. The first-order chi connectivity index (χ1) is 12.1. The molecule has 0 spiro atoms. The van der Waals surface area contributed by atoms with E-state index in [0.29, 0.717) is 11.8 Å². The van der Waals surface area contributed by atoms with E-state index in [-0.39, 0.29) is 17.8 Å². The van der Waals surface area contributed by atoms with Gasteiger partial charge in [-0.25, -0.2) is 4.39 Å². The SMILES string of the molecule is CC(C(=O)N1C[C@H]2CNC[C@H]2C1)N1CCN(c2ccc(F)cc2)CC1. The third-order valence-corrected chi connectivity index (χ3v) is 6.11. The summed E-state index contributed by atoms with van der Waals surface area (Å²) in [4.78, 5) is 19.5. The van der Waals surface area contributed by atoms with Crippen LogP contribution in [0.1, 0.15) is 6.92 Å². The predicted molar refractivity (Wildman–Crippen MR) is 96.1 cm³/mol. The maximum Gasteiger partial charge on any atom is 0.239 e. The van der Waals surface area contributed by atoms with Crippen LogP contribution in [-0.2, 0) is 4.79 Å². The molecule has 6 heteroatoms.